The number of nitrogens with one attached hydrogen (secondary N) is 3. The lowest BCUT2D eigenvalue weighted by Crippen LogP contribution is -2.36. The van der Waals surface area contributed by atoms with Gasteiger partial charge in [0.2, 0.25) is 0 Å². The first-order chi connectivity index (χ1) is 9.15. The summed E-state index contributed by atoms with van der Waals surface area (Å²) in [6, 6.07) is 8.51. The molecule has 3 nitrogen and oxygen atoms in total. The second-order valence-corrected chi connectivity index (χ2v) is 5.66. The van der Waals surface area contributed by atoms with Crippen LogP contribution in [0.2, 0.25) is 0 Å². The third-order valence-corrected chi connectivity index (χ3v) is 3.61. The third kappa shape index (κ3) is 3.37. The van der Waals surface area contributed by atoms with Gasteiger partial charge >= 0.3 is 0 Å². The molecule has 0 bridgehead atoms. The van der Waals surface area contributed by atoms with E-state index in [2.05, 4.69) is 66.9 Å². The summed E-state index contributed by atoms with van der Waals surface area (Å²) in [5, 5.41) is 8.20. The van der Waals surface area contributed by atoms with Crippen LogP contribution in [-0.2, 0) is 5.41 Å². The zero-order valence-electron chi connectivity index (χ0n) is 12.2. The van der Waals surface area contributed by atoms with Crippen molar-refractivity contribution in [3.63, 3.8) is 0 Å². The maximum atomic E-state index is 3.54. The van der Waals surface area contributed by atoms with Crippen molar-refractivity contribution in [2.45, 2.75) is 26.2 Å². The van der Waals surface area contributed by atoms with Crippen LogP contribution in [0.5, 0.6) is 0 Å². The van der Waals surface area contributed by atoms with Crippen LogP contribution >= 0.6 is 0 Å². The fourth-order valence-electron chi connectivity index (χ4n) is 2.48. The molecule has 2 rings (SSSR count). The summed E-state index contributed by atoms with van der Waals surface area (Å²) in [6.07, 6.45) is 2.15. The Labute approximate surface area is 115 Å². The van der Waals surface area contributed by atoms with Crippen molar-refractivity contribution >= 4 is 10.9 Å². The lowest BCUT2D eigenvalue weighted by molar-refractivity contribution is 0.469. The van der Waals surface area contributed by atoms with E-state index in [1.165, 1.54) is 16.5 Å². The molecule has 0 radical (unpaired) electrons. The molecule has 3 N–H and O–H groups in total. The van der Waals surface area contributed by atoms with Gasteiger partial charge in [0, 0.05) is 42.1 Å². The van der Waals surface area contributed by atoms with E-state index in [4.69, 9.17) is 0 Å². The highest BCUT2D eigenvalue weighted by molar-refractivity contribution is 5.84. The highest BCUT2D eigenvalue weighted by atomic mass is 14.9. The van der Waals surface area contributed by atoms with Crippen LogP contribution in [0.4, 0.5) is 0 Å². The Balaban J connectivity index is 2.02. The Hall–Kier alpha value is -1.32. The maximum absolute atomic E-state index is 3.54. The first kappa shape index (κ1) is 14.1. The van der Waals surface area contributed by atoms with Gasteiger partial charge in [-0.15, -0.1) is 0 Å². The standard InChI is InChI=1S/C16H25N3/c1-4-17-9-10-18-12-16(2,3)14-11-19-15-8-6-5-7-13(14)15/h5-8,11,17-19H,4,9-10,12H2,1-3H3. The van der Waals surface area contributed by atoms with Crippen molar-refractivity contribution in [1.82, 2.24) is 15.6 Å². The number of hydrogen-bond donors (Lipinski definition) is 3. The van der Waals surface area contributed by atoms with Gasteiger partial charge in [0.25, 0.3) is 0 Å². The minimum absolute atomic E-state index is 0.131. The topological polar surface area (TPSA) is 39.8 Å². The minimum atomic E-state index is 0.131. The van der Waals surface area contributed by atoms with Gasteiger partial charge in [0.15, 0.2) is 0 Å². The molecular weight excluding hydrogens is 234 g/mol. The van der Waals surface area contributed by atoms with Crippen molar-refractivity contribution in [3.8, 4) is 0 Å². The van der Waals surface area contributed by atoms with Gasteiger partial charge in [-0.25, -0.2) is 0 Å². The van der Waals surface area contributed by atoms with Crippen LogP contribution in [0.15, 0.2) is 30.5 Å². The molecule has 0 unspecified atom stereocenters. The number of para-hydroxylation sites is 1. The number of benzene rings is 1. The van der Waals surface area contributed by atoms with Crippen LogP contribution < -0.4 is 10.6 Å². The van der Waals surface area contributed by atoms with Crippen molar-refractivity contribution in [3.05, 3.63) is 36.0 Å². The molecule has 1 aromatic heterocycles. The molecular formula is C16H25N3. The van der Waals surface area contributed by atoms with E-state index in [0.717, 1.165) is 26.2 Å². The number of likely N-dealkylation sites (N-methyl/N-ethyl adjacent to an activating group) is 1. The molecule has 0 fully saturated rings. The van der Waals surface area contributed by atoms with Gasteiger partial charge in [-0.3, -0.25) is 0 Å². The first-order valence-corrected chi connectivity index (χ1v) is 7.13. The zero-order valence-corrected chi connectivity index (χ0v) is 12.2. The summed E-state index contributed by atoms with van der Waals surface area (Å²) in [5.74, 6) is 0. The summed E-state index contributed by atoms with van der Waals surface area (Å²) in [5.41, 5.74) is 2.74. The van der Waals surface area contributed by atoms with Gasteiger partial charge in [0.05, 0.1) is 0 Å². The maximum Gasteiger partial charge on any atom is 0.0457 e. The number of hydrogen-bond acceptors (Lipinski definition) is 2. The molecule has 0 atom stereocenters. The van der Waals surface area contributed by atoms with Gasteiger partial charge < -0.3 is 15.6 Å². The zero-order chi connectivity index (χ0) is 13.7. The quantitative estimate of drug-likeness (QED) is 0.669. The molecule has 0 saturated heterocycles. The van der Waals surface area contributed by atoms with Crippen molar-refractivity contribution in [2.75, 3.05) is 26.2 Å². The molecule has 3 heteroatoms. The smallest absolute Gasteiger partial charge is 0.0457 e. The first-order valence-electron chi connectivity index (χ1n) is 7.13. The average molecular weight is 259 g/mol. The van der Waals surface area contributed by atoms with E-state index in [0.29, 0.717) is 0 Å². The average Bonchev–Trinajstić information content (AvgIpc) is 2.83. The van der Waals surface area contributed by atoms with Crippen molar-refractivity contribution < 1.29 is 0 Å². The molecule has 1 aromatic carbocycles. The number of fused-ring (bicyclic) bond motifs is 1. The molecule has 0 saturated carbocycles. The van der Waals surface area contributed by atoms with Crippen LogP contribution in [-0.4, -0.2) is 31.2 Å². The van der Waals surface area contributed by atoms with Gasteiger partial charge in [0.1, 0.15) is 0 Å². The molecule has 0 aliphatic carbocycles. The minimum Gasteiger partial charge on any atom is -0.361 e. The normalized spacial score (nSPS) is 12.2. The predicted molar refractivity (Wildman–Crippen MR) is 82.7 cm³/mol. The lowest BCUT2D eigenvalue weighted by atomic mass is 9.84. The summed E-state index contributed by atoms with van der Waals surface area (Å²) in [4.78, 5) is 3.36. The Morgan fingerprint density at radius 1 is 1.11 bits per heavy atom. The summed E-state index contributed by atoms with van der Waals surface area (Å²) in [6.45, 7) is 10.8. The van der Waals surface area contributed by atoms with Gasteiger partial charge in [-0.05, 0) is 18.2 Å². The van der Waals surface area contributed by atoms with Crippen LogP contribution in [0.3, 0.4) is 0 Å². The molecule has 19 heavy (non-hydrogen) atoms. The van der Waals surface area contributed by atoms with Crippen molar-refractivity contribution in [1.29, 1.82) is 0 Å². The van der Waals surface area contributed by atoms with E-state index in [1.54, 1.807) is 0 Å². The van der Waals surface area contributed by atoms with E-state index < -0.39 is 0 Å². The Bertz CT molecular complexity index is 513. The highest BCUT2D eigenvalue weighted by Crippen LogP contribution is 2.29. The predicted octanol–water partition coefficient (Wildman–Crippen LogP) is 2.64. The van der Waals surface area contributed by atoms with E-state index in [9.17, 15) is 0 Å². The Morgan fingerprint density at radius 3 is 2.63 bits per heavy atom. The molecule has 104 valence electrons. The SMILES string of the molecule is CCNCCNCC(C)(C)c1c[nH]c2ccccc12. The van der Waals surface area contributed by atoms with Gasteiger partial charge in [-0.1, -0.05) is 39.0 Å². The van der Waals surface area contributed by atoms with Crippen LogP contribution in [0, 0.1) is 0 Å². The third-order valence-electron chi connectivity index (χ3n) is 3.61. The Kier molecular flexibility index (Phi) is 4.61. The van der Waals surface area contributed by atoms with Crippen molar-refractivity contribution in [2.24, 2.45) is 0 Å². The lowest BCUT2D eigenvalue weighted by Gasteiger charge is -2.25. The summed E-state index contributed by atoms with van der Waals surface area (Å²) in [7, 11) is 0. The fraction of sp³-hybridized carbons (Fsp3) is 0.500. The number of H-pyrrole nitrogens is 1. The second-order valence-electron chi connectivity index (χ2n) is 5.66. The van der Waals surface area contributed by atoms with Crippen LogP contribution in [0.25, 0.3) is 10.9 Å². The molecule has 1 heterocycles. The number of rotatable bonds is 7. The number of aromatic nitrogens is 1. The second kappa shape index (κ2) is 6.22. The molecule has 2 aromatic rings. The van der Waals surface area contributed by atoms with Crippen LogP contribution in [0.1, 0.15) is 26.3 Å². The van der Waals surface area contributed by atoms with E-state index in [-0.39, 0.29) is 5.41 Å². The number of aromatic amines is 1. The molecule has 0 amide bonds. The van der Waals surface area contributed by atoms with E-state index >= 15 is 0 Å². The monoisotopic (exact) mass is 259 g/mol. The largest absolute Gasteiger partial charge is 0.361 e. The van der Waals surface area contributed by atoms with E-state index in [1.807, 2.05) is 0 Å². The Morgan fingerprint density at radius 2 is 1.84 bits per heavy atom. The molecule has 0 aliphatic heterocycles. The van der Waals surface area contributed by atoms with Gasteiger partial charge in [-0.2, -0.15) is 0 Å². The fourth-order valence-corrected chi connectivity index (χ4v) is 2.48. The summed E-state index contributed by atoms with van der Waals surface area (Å²) >= 11 is 0. The molecule has 0 spiro atoms. The highest BCUT2D eigenvalue weighted by Gasteiger charge is 2.23. The summed E-state index contributed by atoms with van der Waals surface area (Å²) < 4.78 is 0. The molecule has 0 aliphatic rings.